The van der Waals surface area contributed by atoms with Gasteiger partial charge in [0.25, 0.3) is 0 Å². The highest BCUT2D eigenvalue weighted by Gasteiger charge is 2.19. The first-order chi connectivity index (χ1) is 5.90. The molecule has 0 unspecified atom stereocenters. The fourth-order valence-electron chi connectivity index (χ4n) is 1.55. The van der Waals surface area contributed by atoms with Gasteiger partial charge in [-0.05, 0) is 40.0 Å². The van der Waals surface area contributed by atoms with Gasteiger partial charge in [0, 0.05) is 16.8 Å². The second kappa shape index (κ2) is 3.52. The summed E-state index contributed by atoms with van der Waals surface area (Å²) in [6.45, 7) is 10.0. The van der Waals surface area contributed by atoms with Crippen molar-refractivity contribution in [2.24, 2.45) is 0 Å². The van der Waals surface area contributed by atoms with Crippen LogP contribution in [0, 0.1) is 0 Å². The van der Waals surface area contributed by atoms with Crippen LogP contribution in [0.2, 0.25) is 0 Å². The van der Waals surface area contributed by atoms with Gasteiger partial charge in [0.15, 0.2) is 0 Å². The van der Waals surface area contributed by atoms with Gasteiger partial charge in [-0.1, -0.05) is 6.58 Å². The maximum absolute atomic E-state index is 13.2. The summed E-state index contributed by atoms with van der Waals surface area (Å²) in [5, 5.41) is 3.20. The Bertz CT molecular complexity index is 245. The Kier molecular flexibility index (Phi) is 2.79. The molecule has 74 valence electrons. The number of hydrogen-bond donors (Lipinski definition) is 1. The van der Waals surface area contributed by atoms with Crippen molar-refractivity contribution in [3.63, 3.8) is 0 Å². The Hall–Kier alpha value is -0.790. The molecule has 1 aliphatic carbocycles. The van der Waals surface area contributed by atoms with Crippen LogP contribution in [0.25, 0.3) is 0 Å². The average Bonchev–Trinajstić information content (AvgIpc) is 2.30. The molecule has 1 nitrogen and oxygen atoms in total. The summed E-state index contributed by atoms with van der Waals surface area (Å²) >= 11 is 0. The summed E-state index contributed by atoms with van der Waals surface area (Å²) in [7, 11) is 0. The van der Waals surface area contributed by atoms with E-state index in [9.17, 15) is 4.39 Å². The molecule has 1 rings (SSSR count). The van der Waals surface area contributed by atoms with Crippen LogP contribution >= 0.6 is 0 Å². The number of halogens is 1. The summed E-state index contributed by atoms with van der Waals surface area (Å²) in [5.41, 5.74) is 1.50. The third-order valence-corrected chi connectivity index (χ3v) is 2.04. The molecule has 1 aliphatic rings. The summed E-state index contributed by atoms with van der Waals surface area (Å²) in [6.07, 6.45) is 2.33. The van der Waals surface area contributed by atoms with Gasteiger partial charge < -0.3 is 5.32 Å². The van der Waals surface area contributed by atoms with E-state index in [0.717, 1.165) is 24.1 Å². The third kappa shape index (κ3) is 2.87. The predicted octanol–water partition coefficient (Wildman–Crippen LogP) is 3.30. The molecule has 0 amide bonds. The average molecular weight is 183 g/mol. The zero-order valence-corrected chi connectivity index (χ0v) is 8.71. The molecule has 2 heteroatoms. The number of rotatable bonds is 2. The van der Waals surface area contributed by atoms with Crippen LogP contribution < -0.4 is 5.32 Å². The van der Waals surface area contributed by atoms with Crippen LogP contribution in [-0.4, -0.2) is 5.54 Å². The molecule has 0 heterocycles. The standard InChI is InChI=1S/C11H18FN/c1-8(13-11(2,3)4)9-6-5-7-10(9)12/h13H,1,5-7H2,2-4H3. The topological polar surface area (TPSA) is 12.0 Å². The van der Waals surface area contributed by atoms with Gasteiger partial charge in [-0.2, -0.15) is 0 Å². The van der Waals surface area contributed by atoms with Gasteiger partial charge in [-0.15, -0.1) is 0 Å². The summed E-state index contributed by atoms with van der Waals surface area (Å²) < 4.78 is 13.2. The summed E-state index contributed by atoms with van der Waals surface area (Å²) in [4.78, 5) is 0. The van der Waals surface area contributed by atoms with Gasteiger partial charge in [0.1, 0.15) is 5.83 Å². The van der Waals surface area contributed by atoms with E-state index in [-0.39, 0.29) is 11.4 Å². The van der Waals surface area contributed by atoms with E-state index in [4.69, 9.17) is 0 Å². The van der Waals surface area contributed by atoms with Crippen molar-refractivity contribution >= 4 is 0 Å². The lowest BCUT2D eigenvalue weighted by atomic mass is 10.1. The first-order valence-corrected chi connectivity index (χ1v) is 4.75. The van der Waals surface area contributed by atoms with Crippen molar-refractivity contribution in [3.05, 3.63) is 23.7 Å². The van der Waals surface area contributed by atoms with Crippen molar-refractivity contribution in [3.8, 4) is 0 Å². The molecule has 0 radical (unpaired) electrons. The number of hydrogen-bond acceptors (Lipinski definition) is 1. The first kappa shape index (κ1) is 10.3. The molecule has 0 aromatic carbocycles. The maximum atomic E-state index is 13.2. The van der Waals surface area contributed by atoms with Crippen molar-refractivity contribution < 1.29 is 4.39 Å². The van der Waals surface area contributed by atoms with Crippen LogP contribution in [0.3, 0.4) is 0 Å². The second-order valence-electron chi connectivity index (χ2n) is 4.59. The van der Waals surface area contributed by atoms with E-state index in [0.29, 0.717) is 6.42 Å². The third-order valence-electron chi connectivity index (χ3n) is 2.04. The highest BCUT2D eigenvalue weighted by molar-refractivity contribution is 5.33. The molecule has 0 aliphatic heterocycles. The highest BCUT2D eigenvalue weighted by atomic mass is 19.1. The SMILES string of the molecule is C=C(NC(C)(C)C)C1=C(F)CCC1. The largest absolute Gasteiger partial charge is 0.381 e. The van der Waals surface area contributed by atoms with Crippen LogP contribution in [0.1, 0.15) is 40.0 Å². The fraction of sp³-hybridized carbons (Fsp3) is 0.636. The number of allylic oxidation sites excluding steroid dienone is 2. The lowest BCUT2D eigenvalue weighted by Gasteiger charge is -2.24. The molecule has 0 bridgehead atoms. The van der Waals surface area contributed by atoms with Crippen molar-refractivity contribution in [2.75, 3.05) is 0 Å². The molecular weight excluding hydrogens is 165 g/mol. The Morgan fingerprint density at radius 2 is 2.00 bits per heavy atom. The molecule has 0 aromatic rings. The van der Waals surface area contributed by atoms with Crippen molar-refractivity contribution in [1.29, 1.82) is 0 Å². The van der Waals surface area contributed by atoms with Gasteiger partial charge in [0.05, 0.1) is 0 Å². The zero-order valence-electron chi connectivity index (χ0n) is 8.71. The lowest BCUT2D eigenvalue weighted by Crippen LogP contribution is -2.35. The monoisotopic (exact) mass is 183 g/mol. The quantitative estimate of drug-likeness (QED) is 0.692. The van der Waals surface area contributed by atoms with Gasteiger partial charge in [-0.25, -0.2) is 4.39 Å². The van der Waals surface area contributed by atoms with Crippen molar-refractivity contribution in [2.45, 2.75) is 45.6 Å². The van der Waals surface area contributed by atoms with Crippen LogP contribution in [0.5, 0.6) is 0 Å². The molecule has 0 saturated carbocycles. The van der Waals surface area contributed by atoms with E-state index >= 15 is 0 Å². The smallest absolute Gasteiger partial charge is 0.105 e. The predicted molar refractivity (Wildman–Crippen MR) is 54.0 cm³/mol. The molecule has 13 heavy (non-hydrogen) atoms. The van der Waals surface area contributed by atoms with Crippen molar-refractivity contribution in [1.82, 2.24) is 5.32 Å². The van der Waals surface area contributed by atoms with E-state index in [1.54, 1.807) is 0 Å². The molecule has 0 saturated heterocycles. The van der Waals surface area contributed by atoms with E-state index in [1.165, 1.54) is 0 Å². The minimum absolute atomic E-state index is 0.0155. The van der Waals surface area contributed by atoms with Crippen LogP contribution in [0.15, 0.2) is 23.7 Å². The molecule has 0 atom stereocenters. The Morgan fingerprint density at radius 1 is 1.38 bits per heavy atom. The summed E-state index contributed by atoms with van der Waals surface area (Å²) in [5.74, 6) is 0.0155. The molecule has 0 fully saturated rings. The number of nitrogens with one attached hydrogen (secondary N) is 1. The highest BCUT2D eigenvalue weighted by Crippen LogP contribution is 2.30. The van der Waals surface area contributed by atoms with Gasteiger partial charge >= 0.3 is 0 Å². The second-order valence-corrected chi connectivity index (χ2v) is 4.59. The van der Waals surface area contributed by atoms with Gasteiger partial charge in [-0.3, -0.25) is 0 Å². The Balaban J connectivity index is 2.64. The van der Waals surface area contributed by atoms with E-state index in [2.05, 4.69) is 11.9 Å². The normalized spacial score (nSPS) is 17.8. The minimum atomic E-state index is -0.0348. The first-order valence-electron chi connectivity index (χ1n) is 4.75. The van der Waals surface area contributed by atoms with Crippen LogP contribution in [-0.2, 0) is 0 Å². The molecule has 1 N–H and O–H groups in total. The molecule has 0 aromatic heterocycles. The lowest BCUT2D eigenvalue weighted by molar-refractivity contribution is 0.474. The minimum Gasteiger partial charge on any atom is -0.381 e. The fourth-order valence-corrected chi connectivity index (χ4v) is 1.55. The molecule has 0 spiro atoms. The summed E-state index contributed by atoms with van der Waals surface area (Å²) in [6, 6.07) is 0. The maximum Gasteiger partial charge on any atom is 0.105 e. The Labute approximate surface area is 79.7 Å². The van der Waals surface area contributed by atoms with E-state index in [1.807, 2.05) is 20.8 Å². The van der Waals surface area contributed by atoms with Gasteiger partial charge in [0.2, 0.25) is 0 Å². The molecular formula is C11H18FN. The zero-order chi connectivity index (χ0) is 10.1. The Morgan fingerprint density at radius 3 is 2.38 bits per heavy atom. The van der Waals surface area contributed by atoms with Crippen LogP contribution in [0.4, 0.5) is 4.39 Å². The van der Waals surface area contributed by atoms with E-state index < -0.39 is 0 Å².